The van der Waals surface area contributed by atoms with Gasteiger partial charge in [-0.2, -0.15) is 0 Å². The number of primary amides is 1. The largest absolute Gasteiger partial charge is 0.370 e. The number of carbonyl (C=O) groups is 1. The van der Waals surface area contributed by atoms with E-state index in [1.165, 1.54) is 5.54 Å². The average Bonchev–Trinajstić information content (AvgIpc) is 1.85. The topological polar surface area (TPSA) is 43.1 Å². The van der Waals surface area contributed by atoms with Crippen LogP contribution in [0.3, 0.4) is 0 Å². The number of allylic oxidation sites excluding steroid dienone is 1. The lowest BCUT2D eigenvalue weighted by Gasteiger charge is -2.18. The molecule has 0 rings (SSSR count). The van der Waals surface area contributed by atoms with Crippen molar-refractivity contribution in [3.63, 3.8) is 0 Å². The molecule has 12 heavy (non-hydrogen) atoms. The van der Waals surface area contributed by atoms with Crippen molar-refractivity contribution < 1.29 is 4.79 Å². The second-order valence-corrected chi connectivity index (χ2v) is 3.85. The summed E-state index contributed by atoms with van der Waals surface area (Å²) in [6, 6.07) is 0. The molecule has 0 radical (unpaired) electrons. The Balaban J connectivity index is 3.68. The van der Waals surface area contributed by atoms with Crippen LogP contribution in [0.2, 0.25) is 0 Å². The van der Waals surface area contributed by atoms with Gasteiger partial charge < -0.3 is 5.73 Å². The molecule has 0 spiro atoms. The minimum atomic E-state index is -0.236. The molecule has 0 aromatic rings. The zero-order chi connectivity index (χ0) is 9.61. The molecule has 0 aromatic carbocycles. The van der Waals surface area contributed by atoms with E-state index < -0.39 is 0 Å². The molecule has 0 aromatic heterocycles. The molecule has 0 aliphatic heterocycles. The lowest BCUT2D eigenvalue weighted by molar-refractivity contribution is -0.118. The quantitative estimate of drug-likeness (QED) is 0.709. The molecule has 0 unspecified atom stereocenters. The van der Waals surface area contributed by atoms with Crippen molar-refractivity contribution in [3.05, 3.63) is 11.6 Å². The maximum Gasteiger partial charge on any atom is 0.217 e. The summed E-state index contributed by atoms with van der Waals surface area (Å²) in [7, 11) is 0. The van der Waals surface area contributed by atoms with Gasteiger partial charge in [0.05, 0.1) is 0 Å². The normalized spacial score (nSPS) is 12.2. The molecule has 3 heteroatoms. The molecule has 0 fully saturated rings. The third kappa shape index (κ3) is 6.23. The van der Waals surface area contributed by atoms with E-state index in [0.717, 1.165) is 12.8 Å². The van der Waals surface area contributed by atoms with Gasteiger partial charge in [-0.25, -0.2) is 0 Å². The third-order valence-electron chi connectivity index (χ3n) is 1.76. The van der Waals surface area contributed by atoms with Gasteiger partial charge >= 0.3 is 0 Å². The van der Waals surface area contributed by atoms with Crippen molar-refractivity contribution in [3.8, 4) is 0 Å². The van der Waals surface area contributed by atoms with Crippen LogP contribution < -0.4 is 5.73 Å². The van der Waals surface area contributed by atoms with Gasteiger partial charge in [-0.3, -0.25) is 4.79 Å². The third-order valence-corrected chi connectivity index (χ3v) is 1.88. The number of rotatable bonds is 5. The number of carbonyl (C=O) groups excluding carboxylic acids is 1. The Labute approximate surface area is 78.8 Å². The predicted molar refractivity (Wildman–Crippen MR) is 51.8 cm³/mol. The van der Waals surface area contributed by atoms with Gasteiger partial charge in [0.1, 0.15) is 0 Å². The maximum atomic E-state index is 10.4. The first kappa shape index (κ1) is 11.5. The van der Waals surface area contributed by atoms with Crippen molar-refractivity contribution in [2.24, 2.45) is 11.1 Å². The Morgan fingerprint density at radius 1 is 1.58 bits per heavy atom. The monoisotopic (exact) mass is 189 g/mol. The molecule has 0 atom stereocenters. The van der Waals surface area contributed by atoms with Gasteiger partial charge in [-0.1, -0.05) is 31.5 Å². The summed E-state index contributed by atoms with van der Waals surface area (Å²) < 4.78 is 0. The summed E-state index contributed by atoms with van der Waals surface area (Å²) in [4.78, 5) is 10.4. The Bertz CT molecular complexity index is 175. The highest BCUT2D eigenvalue weighted by molar-refractivity contribution is 6.25. The van der Waals surface area contributed by atoms with Crippen LogP contribution in [0.5, 0.6) is 0 Å². The van der Waals surface area contributed by atoms with Crippen LogP contribution in [0.4, 0.5) is 0 Å². The second kappa shape index (κ2) is 5.20. The van der Waals surface area contributed by atoms with E-state index in [4.69, 9.17) is 17.3 Å². The van der Waals surface area contributed by atoms with E-state index in [0.29, 0.717) is 6.42 Å². The molecule has 0 heterocycles. The molecule has 0 bridgehead atoms. The summed E-state index contributed by atoms with van der Waals surface area (Å²) in [5.41, 5.74) is 6.60. The summed E-state index contributed by atoms with van der Waals surface area (Å²) in [6.45, 7) is 4.15. The zero-order valence-electron chi connectivity index (χ0n) is 7.64. The van der Waals surface area contributed by atoms with Crippen LogP contribution in [0, 0.1) is 5.41 Å². The van der Waals surface area contributed by atoms with E-state index in [9.17, 15) is 4.79 Å². The van der Waals surface area contributed by atoms with Crippen molar-refractivity contribution in [2.45, 2.75) is 33.1 Å². The van der Waals surface area contributed by atoms with E-state index in [-0.39, 0.29) is 11.3 Å². The molecular weight excluding hydrogens is 174 g/mol. The van der Waals surface area contributed by atoms with Crippen molar-refractivity contribution >= 4 is 17.5 Å². The fraction of sp³-hybridized carbons (Fsp3) is 0.667. The average molecular weight is 190 g/mol. The molecule has 2 N–H and O–H groups in total. The molecule has 0 saturated carbocycles. The van der Waals surface area contributed by atoms with Crippen molar-refractivity contribution in [2.75, 3.05) is 0 Å². The van der Waals surface area contributed by atoms with E-state index in [1.807, 2.05) is 6.08 Å². The molecule has 70 valence electrons. The molecule has 0 aliphatic rings. The van der Waals surface area contributed by atoms with Gasteiger partial charge in [0.2, 0.25) is 5.91 Å². The van der Waals surface area contributed by atoms with E-state index in [1.54, 1.807) is 0 Å². The molecule has 0 saturated heterocycles. The Morgan fingerprint density at radius 2 is 2.17 bits per heavy atom. The Hall–Kier alpha value is -0.500. The summed E-state index contributed by atoms with van der Waals surface area (Å²) in [5.74, 6) is -0.236. The van der Waals surface area contributed by atoms with Gasteiger partial charge in [-0.15, -0.1) is 0 Å². The maximum absolute atomic E-state index is 10.4. The van der Waals surface area contributed by atoms with Crippen molar-refractivity contribution in [1.82, 2.24) is 0 Å². The van der Waals surface area contributed by atoms with Gasteiger partial charge in [-0.05, 0) is 18.3 Å². The molecule has 2 nitrogen and oxygen atoms in total. The summed E-state index contributed by atoms with van der Waals surface area (Å²) in [6.07, 6.45) is 4.14. The number of hydrogen-bond acceptors (Lipinski definition) is 1. The summed E-state index contributed by atoms with van der Waals surface area (Å²) in [5, 5.41) is 0. The highest BCUT2D eigenvalue weighted by Gasteiger charge is 2.13. The van der Waals surface area contributed by atoms with Gasteiger partial charge in [0.15, 0.2) is 0 Å². The highest BCUT2D eigenvalue weighted by atomic mass is 35.5. The van der Waals surface area contributed by atoms with E-state index >= 15 is 0 Å². The van der Waals surface area contributed by atoms with Crippen molar-refractivity contribution in [1.29, 1.82) is 0 Å². The van der Waals surface area contributed by atoms with Crippen LogP contribution >= 0.6 is 11.6 Å². The minimum absolute atomic E-state index is 0.0667. The SMILES string of the molecule is CC(C)(/C=C/Cl)CCCC(N)=O. The highest BCUT2D eigenvalue weighted by Crippen LogP contribution is 2.24. The Kier molecular flexibility index (Phi) is 4.98. The first-order chi connectivity index (χ1) is 5.48. The lowest BCUT2D eigenvalue weighted by atomic mass is 9.87. The van der Waals surface area contributed by atoms with Crippen LogP contribution in [0.25, 0.3) is 0 Å². The van der Waals surface area contributed by atoms with Crippen LogP contribution in [0.1, 0.15) is 33.1 Å². The second-order valence-electron chi connectivity index (χ2n) is 3.60. The smallest absolute Gasteiger partial charge is 0.217 e. The number of amides is 1. The zero-order valence-corrected chi connectivity index (χ0v) is 8.40. The molecule has 0 aliphatic carbocycles. The number of hydrogen-bond donors (Lipinski definition) is 1. The summed E-state index contributed by atoms with van der Waals surface area (Å²) >= 11 is 5.46. The van der Waals surface area contributed by atoms with E-state index in [2.05, 4.69) is 13.8 Å². The van der Waals surface area contributed by atoms with Crippen LogP contribution in [-0.2, 0) is 4.79 Å². The standard InChI is InChI=1S/C9H16ClNO/c1-9(2,6-7-10)5-3-4-8(11)12/h6-7H,3-5H2,1-2H3,(H2,11,12)/b7-6+. The van der Waals surface area contributed by atoms with Gasteiger partial charge in [0.25, 0.3) is 0 Å². The minimum Gasteiger partial charge on any atom is -0.370 e. The fourth-order valence-corrected chi connectivity index (χ4v) is 1.31. The van der Waals surface area contributed by atoms with Crippen LogP contribution in [-0.4, -0.2) is 5.91 Å². The molecule has 1 amide bonds. The first-order valence-corrected chi connectivity index (χ1v) is 4.48. The first-order valence-electron chi connectivity index (χ1n) is 4.04. The Morgan fingerprint density at radius 3 is 2.58 bits per heavy atom. The fourth-order valence-electron chi connectivity index (χ4n) is 0.972. The van der Waals surface area contributed by atoms with Gasteiger partial charge in [0, 0.05) is 12.0 Å². The lowest BCUT2D eigenvalue weighted by Crippen LogP contribution is -2.13. The predicted octanol–water partition coefficient (Wildman–Crippen LogP) is 2.42. The number of halogens is 1. The molecular formula is C9H16ClNO. The van der Waals surface area contributed by atoms with Crippen LogP contribution in [0.15, 0.2) is 11.6 Å². The number of nitrogens with two attached hydrogens (primary N) is 1.